The summed E-state index contributed by atoms with van der Waals surface area (Å²) in [5.74, 6) is 1.34. The third kappa shape index (κ3) is 7.95. The molecule has 0 aromatic carbocycles. The fraction of sp³-hybridized carbons (Fsp3) is 0.583. The van der Waals surface area contributed by atoms with Crippen LogP contribution in [0.15, 0.2) is 17.4 Å². The average molecular weight is 233 g/mol. The van der Waals surface area contributed by atoms with E-state index in [-0.39, 0.29) is 0 Å². The van der Waals surface area contributed by atoms with E-state index in [1.54, 1.807) is 0 Å². The number of imidazole rings is 1. The van der Waals surface area contributed by atoms with E-state index in [0.717, 1.165) is 0 Å². The van der Waals surface area contributed by atoms with Crippen molar-refractivity contribution in [3.8, 4) is 6.19 Å². The molecule has 0 spiro atoms. The van der Waals surface area contributed by atoms with E-state index in [1.165, 1.54) is 50.1 Å². The molecule has 0 aliphatic carbocycles. The normalized spacial score (nSPS) is 8.53. The molecule has 0 saturated carbocycles. The fourth-order valence-corrected chi connectivity index (χ4v) is 1.43. The Morgan fingerprint density at radius 1 is 1.47 bits per heavy atom. The Morgan fingerprint density at radius 3 is 2.65 bits per heavy atom. The molecule has 1 aromatic rings. The third-order valence-electron chi connectivity index (χ3n) is 2.34. The largest absolute Gasteiger partial charge is 0.422 e. The number of hydrogen-bond donors (Lipinski definition) is 1. The quantitative estimate of drug-likeness (QED) is 0.360. The van der Waals surface area contributed by atoms with Crippen LogP contribution in [0, 0.1) is 11.5 Å². The van der Waals surface area contributed by atoms with Gasteiger partial charge in [0.25, 0.3) is 5.82 Å². The number of unbranched alkanes of at least 4 members (excludes halogenated alkanes) is 3. The molecule has 0 fully saturated rings. The Kier molecular flexibility index (Phi) is 9.40. The van der Waals surface area contributed by atoms with Gasteiger partial charge in [-0.15, -0.1) is 6.01 Å². The zero-order chi connectivity index (χ0) is 12.9. The molecule has 17 heavy (non-hydrogen) atoms. The number of nitrogens with one attached hydrogen (secondary N) is 1. The lowest BCUT2D eigenvalue weighted by Crippen LogP contribution is -2.30. The number of aromatic nitrogens is 2. The van der Waals surface area contributed by atoms with Crippen molar-refractivity contribution in [3.05, 3.63) is 23.6 Å². The van der Waals surface area contributed by atoms with Gasteiger partial charge in [0.15, 0.2) is 0 Å². The summed E-state index contributed by atoms with van der Waals surface area (Å²) in [5, 5.41) is 14.9. The lowest BCUT2D eigenvalue weighted by atomic mass is 10.1. The highest BCUT2D eigenvalue weighted by Crippen LogP contribution is 2.02. The maximum atomic E-state index is 7.43. The second-order valence-electron chi connectivity index (χ2n) is 3.64. The molecule has 0 saturated heterocycles. The third-order valence-corrected chi connectivity index (χ3v) is 2.34. The number of nitrogens with zero attached hydrogens (tertiary/aromatic N) is 4. The van der Waals surface area contributed by atoms with Gasteiger partial charge in [-0.3, -0.25) is 0 Å². The second-order valence-corrected chi connectivity index (χ2v) is 3.64. The number of rotatable bonds is 5. The molecule has 5 nitrogen and oxygen atoms in total. The van der Waals surface area contributed by atoms with Crippen molar-refractivity contribution in [1.82, 2.24) is 4.98 Å². The highest BCUT2D eigenvalue weighted by Gasteiger charge is 2.04. The first-order chi connectivity index (χ1) is 8.26. The van der Waals surface area contributed by atoms with Crippen molar-refractivity contribution in [1.29, 1.82) is 5.26 Å². The first-order valence-electron chi connectivity index (χ1n) is 5.76. The van der Waals surface area contributed by atoms with Crippen molar-refractivity contribution in [3.63, 3.8) is 0 Å². The average Bonchev–Trinajstić information content (AvgIpc) is 2.73. The minimum Gasteiger partial charge on any atom is -0.422 e. The van der Waals surface area contributed by atoms with Gasteiger partial charge in [-0.1, -0.05) is 26.2 Å². The van der Waals surface area contributed by atoms with Crippen LogP contribution in [0.4, 0.5) is 0 Å². The zero-order valence-electron chi connectivity index (χ0n) is 10.5. The molecular formula is C12H19N5. The highest BCUT2D eigenvalue weighted by molar-refractivity contribution is 5.46. The number of aromatic amines is 1. The summed E-state index contributed by atoms with van der Waals surface area (Å²) in [6.45, 7) is 2.24. The Bertz CT molecular complexity index is 382. The molecule has 1 heterocycles. The van der Waals surface area contributed by atoms with Gasteiger partial charge in [-0.25, -0.2) is 9.55 Å². The van der Waals surface area contributed by atoms with Gasteiger partial charge in [-0.2, -0.15) is 5.26 Å². The van der Waals surface area contributed by atoms with Crippen molar-refractivity contribution in [2.75, 3.05) is 0 Å². The molecule has 1 N–H and O–H groups in total. The Labute approximate surface area is 102 Å². The van der Waals surface area contributed by atoms with Gasteiger partial charge in [0, 0.05) is 6.42 Å². The van der Waals surface area contributed by atoms with Gasteiger partial charge in [0.05, 0.1) is 13.2 Å². The minimum atomic E-state index is 1.18. The molecule has 0 unspecified atom stereocenters. The zero-order valence-corrected chi connectivity index (χ0v) is 10.5. The van der Waals surface area contributed by atoms with E-state index in [1.807, 2.05) is 6.20 Å². The molecule has 0 aliphatic rings. The molecule has 0 aliphatic heterocycles. The predicted octanol–water partition coefficient (Wildman–Crippen LogP) is 2.17. The van der Waals surface area contributed by atoms with Crippen LogP contribution in [0.3, 0.4) is 0 Å². The van der Waals surface area contributed by atoms with Gasteiger partial charge in [0.2, 0.25) is 0 Å². The van der Waals surface area contributed by atoms with Gasteiger partial charge in [0.1, 0.15) is 12.4 Å². The van der Waals surface area contributed by atoms with E-state index in [2.05, 4.69) is 34.7 Å². The van der Waals surface area contributed by atoms with Gasteiger partial charge in [-0.05, 0) is 6.42 Å². The summed E-state index contributed by atoms with van der Waals surface area (Å²) < 4.78 is 2.16. The molecule has 1 rings (SSSR count). The summed E-state index contributed by atoms with van der Waals surface area (Å²) in [7, 11) is 2.09. The van der Waals surface area contributed by atoms with Crippen LogP contribution in [0.1, 0.15) is 38.4 Å². The SMILES string of the molecule is CCCCCCc1[nH]cc[n+]1C.N#CN=C=[N-]. The first kappa shape index (κ1) is 15.1. The van der Waals surface area contributed by atoms with Crippen LogP contribution in [0.2, 0.25) is 0 Å². The monoisotopic (exact) mass is 233 g/mol. The molecule has 0 amide bonds. The number of hydrogen-bond acceptors (Lipinski definition) is 2. The van der Waals surface area contributed by atoms with E-state index in [0.29, 0.717) is 0 Å². The molecule has 0 radical (unpaired) electrons. The van der Waals surface area contributed by atoms with Crippen LogP contribution in [0.25, 0.3) is 5.41 Å². The molecule has 0 atom stereocenters. The summed E-state index contributed by atoms with van der Waals surface area (Å²) in [5.41, 5.74) is 0. The lowest BCUT2D eigenvalue weighted by molar-refractivity contribution is -0.677. The van der Waals surface area contributed by atoms with Crippen LogP contribution in [-0.4, -0.2) is 11.0 Å². The lowest BCUT2D eigenvalue weighted by Gasteiger charge is -1.95. The molecule has 1 aromatic heterocycles. The van der Waals surface area contributed by atoms with Crippen molar-refractivity contribution in [2.24, 2.45) is 12.0 Å². The van der Waals surface area contributed by atoms with Crippen molar-refractivity contribution < 1.29 is 4.57 Å². The summed E-state index contributed by atoms with van der Waals surface area (Å²) in [6.07, 6.45) is 11.9. The number of nitriles is 1. The Balaban J connectivity index is 0.000000437. The molecule has 0 bridgehead atoms. The molecule has 5 heteroatoms. The van der Waals surface area contributed by atoms with Crippen LogP contribution in [-0.2, 0) is 13.5 Å². The second kappa shape index (κ2) is 10.6. The number of aryl methyl sites for hydroxylation is 2. The Morgan fingerprint density at radius 2 is 2.24 bits per heavy atom. The smallest absolute Gasteiger partial charge is 0.253 e. The molecule has 92 valence electrons. The fourth-order valence-electron chi connectivity index (χ4n) is 1.43. The predicted molar refractivity (Wildman–Crippen MR) is 66.2 cm³/mol. The van der Waals surface area contributed by atoms with Gasteiger partial charge >= 0.3 is 0 Å². The highest BCUT2D eigenvalue weighted by atomic mass is 15.0. The molecular weight excluding hydrogens is 214 g/mol. The standard InChI is InChI=1S/C10H18N2.C2N3/c1-3-4-5-6-7-10-11-8-9-12(10)2;3-1-5-2-4/h8-9H,3-7H2,1-2H3;/q;-1/p+1. The van der Waals surface area contributed by atoms with E-state index < -0.39 is 0 Å². The number of H-pyrrole nitrogens is 1. The first-order valence-corrected chi connectivity index (χ1v) is 5.76. The number of aliphatic imine (C=N–C) groups is 1. The van der Waals surface area contributed by atoms with Gasteiger partial charge < -0.3 is 10.4 Å². The van der Waals surface area contributed by atoms with Crippen LogP contribution in [0.5, 0.6) is 0 Å². The van der Waals surface area contributed by atoms with Crippen LogP contribution < -0.4 is 4.57 Å². The maximum absolute atomic E-state index is 7.43. The van der Waals surface area contributed by atoms with Crippen molar-refractivity contribution in [2.45, 2.75) is 39.0 Å². The van der Waals surface area contributed by atoms with E-state index >= 15 is 0 Å². The summed E-state index contributed by atoms with van der Waals surface area (Å²) >= 11 is 0. The Hall–Kier alpha value is -1.92. The summed E-state index contributed by atoms with van der Waals surface area (Å²) in [4.78, 5) is 5.83. The minimum absolute atomic E-state index is 1.18. The summed E-state index contributed by atoms with van der Waals surface area (Å²) in [6, 6.07) is 1.28. The van der Waals surface area contributed by atoms with Crippen molar-refractivity contribution >= 4 is 6.01 Å². The van der Waals surface area contributed by atoms with E-state index in [9.17, 15) is 0 Å². The topological polar surface area (TPSA) is 78.1 Å². The maximum Gasteiger partial charge on any atom is 0.253 e. The van der Waals surface area contributed by atoms with E-state index in [4.69, 9.17) is 10.7 Å². The van der Waals surface area contributed by atoms with Crippen LogP contribution >= 0.6 is 0 Å².